The van der Waals surface area contributed by atoms with Gasteiger partial charge in [-0.1, -0.05) is 35.5 Å². The minimum Gasteiger partial charge on any atom is -0.456 e. The van der Waals surface area contributed by atoms with Crippen LogP contribution < -0.4 is 10.6 Å². The number of ether oxygens (including phenoxy) is 1. The number of hydrogen-bond donors (Lipinski definition) is 1. The zero-order valence-electron chi connectivity index (χ0n) is 13.0. The first-order valence-corrected chi connectivity index (χ1v) is 7.36. The zero-order valence-corrected chi connectivity index (χ0v) is 13.0. The summed E-state index contributed by atoms with van der Waals surface area (Å²) in [4.78, 5) is 28.1. The van der Waals surface area contributed by atoms with Crippen LogP contribution in [0.5, 0.6) is 0 Å². The third-order valence-electron chi connectivity index (χ3n) is 3.52. The predicted molar refractivity (Wildman–Crippen MR) is 80.9 cm³/mol. The molecule has 0 fully saturated rings. The van der Waals surface area contributed by atoms with Gasteiger partial charge in [0.15, 0.2) is 6.61 Å². The minimum atomic E-state index is -1.03. The summed E-state index contributed by atoms with van der Waals surface area (Å²) >= 11 is 0. The van der Waals surface area contributed by atoms with Crippen LogP contribution in [0.15, 0.2) is 40.1 Å². The number of oxime groups is 1. The molecule has 10 heteroatoms. The Morgan fingerprint density at radius 2 is 2.12 bits per heavy atom. The summed E-state index contributed by atoms with van der Waals surface area (Å²) in [5.41, 5.74) is 6.06. The molecule has 0 spiro atoms. The lowest BCUT2D eigenvalue weighted by Crippen LogP contribution is -2.35. The van der Waals surface area contributed by atoms with Crippen molar-refractivity contribution in [2.24, 2.45) is 10.9 Å². The van der Waals surface area contributed by atoms with E-state index in [0.717, 1.165) is 11.3 Å². The van der Waals surface area contributed by atoms with Crippen LogP contribution in [-0.4, -0.2) is 28.8 Å². The quantitative estimate of drug-likeness (QED) is 0.574. The fourth-order valence-corrected chi connectivity index (χ4v) is 2.34. The van der Waals surface area contributed by atoms with Gasteiger partial charge in [-0.2, -0.15) is 0 Å². The van der Waals surface area contributed by atoms with Crippen LogP contribution in [0.4, 0.5) is 0 Å². The second-order valence-electron chi connectivity index (χ2n) is 5.29. The van der Waals surface area contributed by atoms with Gasteiger partial charge in [0.05, 0.1) is 12.1 Å². The third-order valence-corrected chi connectivity index (χ3v) is 3.52. The van der Waals surface area contributed by atoms with E-state index in [2.05, 4.69) is 14.9 Å². The molecule has 1 aromatic carbocycles. The highest BCUT2D eigenvalue weighted by Gasteiger charge is 2.28. The lowest BCUT2D eigenvalue weighted by atomic mass is 10.0. The Morgan fingerprint density at radius 1 is 1.36 bits per heavy atom. The van der Waals surface area contributed by atoms with Crippen molar-refractivity contribution < 1.29 is 28.7 Å². The van der Waals surface area contributed by atoms with Gasteiger partial charge in [0, 0.05) is 11.6 Å². The average molecular weight is 346 g/mol. The van der Waals surface area contributed by atoms with E-state index in [9.17, 15) is 14.8 Å². The molecule has 2 N–H and O–H groups in total. The molecule has 0 saturated carbocycles. The van der Waals surface area contributed by atoms with Crippen LogP contribution in [0, 0.1) is 5.21 Å². The highest BCUT2D eigenvalue weighted by molar-refractivity contribution is 6.01. The predicted octanol–water partition coefficient (Wildman–Crippen LogP) is 0.0334. The van der Waals surface area contributed by atoms with E-state index in [1.54, 1.807) is 0 Å². The van der Waals surface area contributed by atoms with Gasteiger partial charge in [-0.15, -0.1) is 0 Å². The van der Waals surface area contributed by atoms with E-state index in [0.29, 0.717) is 6.42 Å². The van der Waals surface area contributed by atoms with Crippen molar-refractivity contribution in [2.45, 2.75) is 25.6 Å². The van der Waals surface area contributed by atoms with Crippen molar-refractivity contribution in [3.05, 3.63) is 52.5 Å². The molecule has 2 aromatic rings. The first-order valence-electron chi connectivity index (χ1n) is 7.36. The molecule has 1 aromatic heterocycles. The Bertz CT molecular complexity index is 817. The summed E-state index contributed by atoms with van der Waals surface area (Å²) in [6, 6.07) is 9.46. The summed E-state index contributed by atoms with van der Waals surface area (Å²) in [6.07, 6.45) is -0.0167. The lowest BCUT2D eigenvalue weighted by molar-refractivity contribution is -0.803. The molecule has 0 aliphatic carbocycles. The molecule has 1 atom stereocenters. The first-order chi connectivity index (χ1) is 12.0. The maximum atomic E-state index is 11.9. The van der Waals surface area contributed by atoms with Crippen molar-refractivity contribution in [3.8, 4) is 0 Å². The van der Waals surface area contributed by atoms with Crippen molar-refractivity contribution in [1.29, 1.82) is 0 Å². The van der Waals surface area contributed by atoms with E-state index in [1.807, 2.05) is 30.3 Å². The molecular weight excluding hydrogens is 332 g/mol. The summed E-state index contributed by atoms with van der Waals surface area (Å²) in [7, 11) is 0. The number of aromatic nitrogens is 2. The van der Waals surface area contributed by atoms with Crippen LogP contribution in [0.1, 0.15) is 34.6 Å². The Morgan fingerprint density at radius 3 is 2.84 bits per heavy atom. The van der Waals surface area contributed by atoms with E-state index >= 15 is 0 Å². The van der Waals surface area contributed by atoms with Gasteiger partial charge in [-0.25, -0.2) is 0 Å². The molecule has 3 rings (SSSR count). The number of nitrogens with two attached hydrogens (primary N) is 1. The Balaban J connectivity index is 1.51. The highest BCUT2D eigenvalue weighted by atomic mass is 16.8. The number of carbonyl (C=O) groups excluding carboxylic acids is 2. The van der Waals surface area contributed by atoms with Crippen LogP contribution in [0.25, 0.3) is 0 Å². The molecule has 1 unspecified atom stereocenters. The van der Waals surface area contributed by atoms with Gasteiger partial charge in [-0.3, -0.25) is 14.2 Å². The number of esters is 1. The monoisotopic (exact) mass is 346 g/mol. The Hall–Kier alpha value is -3.43. The van der Waals surface area contributed by atoms with E-state index < -0.39 is 30.3 Å². The smallest absolute Gasteiger partial charge is 0.310 e. The molecule has 10 nitrogen and oxygen atoms in total. The number of amides is 1. The fraction of sp³-hybridized carbons (Fsp3) is 0.267. The normalized spacial score (nSPS) is 16.2. The van der Waals surface area contributed by atoms with Crippen molar-refractivity contribution in [1.82, 2.24) is 5.16 Å². The molecule has 25 heavy (non-hydrogen) atoms. The van der Waals surface area contributed by atoms with Gasteiger partial charge in [0.1, 0.15) is 6.10 Å². The van der Waals surface area contributed by atoms with Gasteiger partial charge in [0.25, 0.3) is 17.3 Å². The average Bonchev–Trinajstić information content (AvgIpc) is 3.20. The van der Waals surface area contributed by atoms with Crippen LogP contribution in [0.2, 0.25) is 0 Å². The van der Waals surface area contributed by atoms with Gasteiger partial charge >= 0.3 is 5.97 Å². The standard InChI is InChI=1S/C15H14N4O6/c16-15(21)14-12(18-25-19(14)22)8-23-13(20)7-10-6-11(17-24-10)9-4-2-1-3-5-9/h1-5,10H,6-8H2,(H2,16,21). The molecule has 1 amide bonds. The second-order valence-corrected chi connectivity index (χ2v) is 5.29. The molecule has 1 aliphatic rings. The van der Waals surface area contributed by atoms with Crippen LogP contribution in [0.3, 0.4) is 0 Å². The Labute approximate surface area is 141 Å². The fourth-order valence-electron chi connectivity index (χ4n) is 2.34. The molecule has 1 aliphatic heterocycles. The summed E-state index contributed by atoms with van der Waals surface area (Å²) in [5, 5.41) is 18.5. The topological polar surface area (TPSA) is 144 Å². The van der Waals surface area contributed by atoms with Crippen molar-refractivity contribution in [2.75, 3.05) is 0 Å². The first kappa shape index (κ1) is 16.4. The number of nitrogens with zero attached hydrogens (tertiary/aromatic N) is 3. The largest absolute Gasteiger partial charge is 0.456 e. The molecular formula is C15H14N4O6. The van der Waals surface area contributed by atoms with E-state index in [4.69, 9.17) is 15.3 Å². The lowest BCUT2D eigenvalue weighted by Gasteiger charge is -2.07. The van der Waals surface area contributed by atoms with E-state index in [1.165, 1.54) is 0 Å². The van der Waals surface area contributed by atoms with Gasteiger partial charge < -0.3 is 20.5 Å². The number of hydrogen-bond acceptors (Lipinski definition) is 8. The summed E-state index contributed by atoms with van der Waals surface area (Å²) in [5.74, 6) is -1.62. The number of primary amides is 1. The molecule has 0 radical (unpaired) electrons. The highest BCUT2D eigenvalue weighted by Crippen LogP contribution is 2.19. The van der Waals surface area contributed by atoms with Gasteiger partial charge in [-0.05, 0) is 10.5 Å². The van der Waals surface area contributed by atoms with Gasteiger partial charge in [0.2, 0.25) is 0 Å². The molecule has 2 heterocycles. The zero-order chi connectivity index (χ0) is 17.8. The minimum absolute atomic E-state index is 0.0407. The van der Waals surface area contributed by atoms with Crippen LogP contribution >= 0.6 is 0 Å². The van der Waals surface area contributed by atoms with E-state index in [-0.39, 0.29) is 17.0 Å². The van der Waals surface area contributed by atoms with Crippen molar-refractivity contribution >= 4 is 17.6 Å². The molecule has 0 saturated heterocycles. The second kappa shape index (κ2) is 6.99. The SMILES string of the molecule is NC(=O)c1c(COC(=O)CC2CC(c3ccccc3)=NO2)no[n+]1[O-]. The molecule has 130 valence electrons. The van der Waals surface area contributed by atoms with Crippen molar-refractivity contribution in [3.63, 3.8) is 0 Å². The third kappa shape index (κ3) is 3.74. The summed E-state index contributed by atoms with van der Waals surface area (Å²) < 4.78 is 9.24. The maximum Gasteiger partial charge on any atom is 0.310 e. The number of carbonyl (C=O) groups is 2. The number of rotatable bonds is 6. The Kier molecular flexibility index (Phi) is 4.59. The summed E-state index contributed by atoms with van der Waals surface area (Å²) in [6.45, 7) is -0.408. The molecule has 0 bridgehead atoms. The van der Waals surface area contributed by atoms with Crippen LogP contribution in [-0.2, 0) is 21.0 Å². The maximum absolute atomic E-state index is 11.9. The number of benzene rings is 1.